The van der Waals surface area contributed by atoms with Crippen molar-refractivity contribution in [3.63, 3.8) is 0 Å². The number of nitrogens with zero attached hydrogens (tertiary/aromatic N) is 3. The van der Waals surface area contributed by atoms with E-state index in [0.29, 0.717) is 24.3 Å². The van der Waals surface area contributed by atoms with Crippen molar-refractivity contribution in [3.05, 3.63) is 71.4 Å². The maximum absolute atomic E-state index is 13.5. The minimum absolute atomic E-state index is 0.132. The molecule has 1 aliphatic heterocycles. The minimum Gasteiger partial charge on any atom is -0.350 e. The number of rotatable bonds is 4. The molecule has 3 heterocycles. The number of hydrogen-bond donors (Lipinski definition) is 2. The van der Waals surface area contributed by atoms with Crippen LogP contribution in [0.5, 0.6) is 0 Å². The van der Waals surface area contributed by atoms with E-state index in [-0.39, 0.29) is 29.8 Å². The summed E-state index contributed by atoms with van der Waals surface area (Å²) in [6.07, 6.45) is 2.25. The fourth-order valence-corrected chi connectivity index (χ4v) is 3.71. The van der Waals surface area contributed by atoms with Crippen molar-refractivity contribution in [2.75, 3.05) is 18.4 Å². The summed E-state index contributed by atoms with van der Waals surface area (Å²) in [4.78, 5) is 34.5. The Morgan fingerprint density at radius 3 is 2.90 bits per heavy atom. The number of anilines is 1. The molecule has 3 aromatic rings. The van der Waals surface area contributed by atoms with Gasteiger partial charge in [-0.05, 0) is 55.8 Å². The topological polar surface area (TPSA) is 102 Å². The molecule has 1 saturated heterocycles. The highest BCUT2D eigenvalue weighted by atomic mass is 19.1. The number of H-pyrrole nitrogens is 1. The largest absolute Gasteiger partial charge is 0.350 e. The summed E-state index contributed by atoms with van der Waals surface area (Å²) in [5.74, 6) is -1.44. The quantitative estimate of drug-likeness (QED) is 0.678. The smallest absolute Gasteiger partial charge is 0.270 e. The first-order valence-corrected chi connectivity index (χ1v) is 9.87. The van der Waals surface area contributed by atoms with E-state index < -0.39 is 5.82 Å². The molecule has 7 nitrogen and oxygen atoms in total. The summed E-state index contributed by atoms with van der Waals surface area (Å²) in [5, 5.41) is 11.6. The van der Waals surface area contributed by atoms with Crippen LogP contribution in [0.1, 0.15) is 28.2 Å². The molecule has 0 radical (unpaired) electrons. The van der Waals surface area contributed by atoms with Gasteiger partial charge in [0.2, 0.25) is 5.91 Å². The van der Waals surface area contributed by atoms with Crippen molar-refractivity contribution in [1.29, 1.82) is 5.26 Å². The highest BCUT2D eigenvalue weighted by molar-refractivity contribution is 5.96. The van der Waals surface area contributed by atoms with Crippen LogP contribution in [0.4, 0.5) is 10.1 Å². The number of aromatic nitrogens is 2. The van der Waals surface area contributed by atoms with Gasteiger partial charge < -0.3 is 15.2 Å². The lowest BCUT2D eigenvalue weighted by Crippen LogP contribution is -2.31. The van der Waals surface area contributed by atoms with E-state index in [1.807, 2.05) is 25.1 Å². The number of carbonyl (C=O) groups excluding carboxylic acids is 2. The van der Waals surface area contributed by atoms with E-state index in [2.05, 4.69) is 15.3 Å². The fraction of sp³-hybridized carbons (Fsp3) is 0.217. The molecule has 0 aliphatic carbocycles. The van der Waals surface area contributed by atoms with Crippen LogP contribution in [-0.4, -0.2) is 39.8 Å². The molecule has 31 heavy (non-hydrogen) atoms. The van der Waals surface area contributed by atoms with E-state index in [0.717, 1.165) is 23.0 Å². The van der Waals surface area contributed by atoms with Gasteiger partial charge in [0.1, 0.15) is 17.6 Å². The molecule has 1 aromatic carbocycles. The average molecular weight is 417 g/mol. The molecular formula is C23H20FN5O2. The minimum atomic E-state index is -0.634. The van der Waals surface area contributed by atoms with Gasteiger partial charge in [0.25, 0.3) is 5.91 Å². The first-order chi connectivity index (χ1) is 15.0. The second-order valence-electron chi connectivity index (χ2n) is 7.45. The van der Waals surface area contributed by atoms with Crippen molar-refractivity contribution < 1.29 is 14.0 Å². The van der Waals surface area contributed by atoms with E-state index in [1.165, 1.54) is 12.1 Å². The standard InChI is InChI=1S/C23H20FN5O2/c1-14-18(3-2-9-26-14)20-6-7-21(28-20)23(31)29-10-8-15(13-29)22(30)27-17-4-5-19(24)16(11-17)12-25/h2-7,9,11,15,28H,8,10,13H2,1H3,(H,27,30)/t15-/m0/s1. The molecule has 156 valence electrons. The average Bonchev–Trinajstić information content (AvgIpc) is 3.45. The number of hydrogen-bond acceptors (Lipinski definition) is 4. The lowest BCUT2D eigenvalue weighted by Gasteiger charge is -2.16. The zero-order chi connectivity index (χ0) is 22.0. The summed E-state index contributed by atoms with van der Waals surface area (Å²) in [5.41, 5.74) is 3.28. The Bertz CT molecular complexity index is 1200. The molecule has 0 bridgehead atoms. The third kappa shape index (κ3) is 4.16. The van der Waals surface area contributed by atoms with E-state index in [9.17, 15) is 14.0 Å². The predicted octanol–water partition coefficient (Wildman–Crippen LogP) is 3.50. The second kappa shape index (κ2) is 8.40. The fourth-order valence-electron chi connectivity index (χ4n) is 3.71. The van der Waals surface area contributed by atoms with Gasteiger partial charge in [-0.15, -0.1) is 0 Å². The first-order valence-electron chi connectivity index (χ1n) is 9.87. The number of pyridine rings is 1. The first kappa shape index (κ1) is 20.3. The maximum Gasteiger partial charge on any atom is 0.270 e. The van der Waals surface area contributed by atoms with Gasteiger partial charge in [-0.3, -0.25) is 14.6 Å². The summed E-state index contributed by atoms with van der Waals surface area (Å²) >= 11 is 0. The van der Waals surface area contributed by atoms with Gasteiger partial charge in [-0.25, -0.2) is 4.39 Å². The summed E-state index contributed by atoms with van der Waals surface area (Å²) in [7, 11) is 0. The summed E-state index contributed by atoms with van der Waals surface area (Å²) in [6, 6.07) is 13.0. The lowest BCUT2D eigenvalue weighted by atomic mass is 10.1. The van der Waals surface area contributed by atoms with Crippen LogP contribution < -0.4 is 5.32 Å². The number of halogens is 1. The zero-order valence-corrected chi connectivity index (χ0v) is 16.9. The van der Waals surface area contributed by atoms with Gasteiger partial charge >= 0.3 is 0 Å². The molecule has 1 fully saturated rings. The van der Waals surface area contributed by atoms with E-state index in [1.54, 1.807) is 23.2 Å². The van der Waals surface area contributed by atoms with Gasteiger partial charge in [0.15, 0.2) is 0 Å². The number of carbonyl (C=O) groups is 2. The number of benzene rings is 1. The number of aryl methyl sites for hydroxylation is 1. The number of nitrogens with one attached hydrogen (secondary N) is 2. The Balaban J connectivity index is 1.41. The van der Waals surface area contributed by atoms with Crippen molar-refractivity contribution in [3.8, 4) is 17.3 Å². The Morgan fingerprint density at radius 1 is 1.29 bits per heavy atom. The third-order valence-electron chi connectivity index (χ3n) is 5.41. The molecule has 1 atom stereocenters. The number of likely N-dealkylation sites (tertiary alicyclic amines) is 1. The Kier molecular flexibility index (Phi) is 5.50. The van der Waals surface area contributed by atoms with Gasteiger partial charge in [-0.1, -0.05) is 0 Å². The molecule has 4 rings (SSSR count). The van der Waals surface area contributed by atoms with Gasteiger partial charge in [0.05, 0.1) is 11.5 Å². The monoisotopic (exact) mass is 417 g/mol. The number of aromatic amines is 1. The van der Waals surface area contributed by atoms with E-state index in [4.69, 9.17) is 5.26 Å². The van der Waals surface area contributed by atoms with Crippen molar-refractivity contribution >= 4 is 17.5 Å². The SMILES string of the molecule is Cc1ncccc1-c1ccc(C(=O)N2CC[C@H](C(=O)Nc3ccc(F)c(C#N)c3)C2)[nH]1. The van der Waals surface area contributed by atoms with Crippen LogP contribution in [0.3, 0.4) is 0 Å². The normalized spacial score (nSPS) is 15.5. The highest BCUT2D eigenvalue weighted by Gasteiger charge is 2.32. The number of nitriles is 1. The summed E-state index contributed by atoms with van der Waals surface area (Å²) < 4.78 is 13.5. The summed E-state index contributed by atoms with van der Waals surface area (Å²) in [6.45, 7) is 2.66. The molecule has 0 spiro atoms. The van der Waals surface area contributed by atoms with Crippen LogP contribution in [0, 0.1) is 30.0 Å². The molecule has 2 amide bonds. The molecule has 8 heteroatoms. The predicted molar refractivity (Wildman–Crippen MR) is 113 cm³/mol. The van der Waals surface area contributed by atoms with Gasteiger partial charge in [-0.2, -0.15) is 5.26 Å². The third-order valence-corrected chi connectivity index (χ3v) is 5.41. The van der Waals surface area contributed by atoms with E-state index >= 15 is 0 Å². The Morgan fingerprint density at radius 2 is 2.13 bits per heavy atom. The molecule has 0 saturated carbocycles. The molecule has 2 N–H and O–H groups in total. The molecular weight excluding hydrogens is 397 g/mol. The molecule has 0 unspecified atom stereocenters. The van der Waals surface area contributed by atoms with Crippen molar-refractivity contribution in [1.82, 2.24) is 14.9 Å². The Hall–Kier alpha value is -3.99. The molecule has 1 aliphatic rings. The van der Waals surface area contributed by atoms with Crippen molar-refractivity contribution in [2.45, 2.75) is 13.3 Å². The van der Waals surface area contributed by atoms with Gasteiger partial charge in [0, 0.05) is 41.9 Å². The lowest BCUT2D eigenvalue weighted by molar-refractivity contribution is -0.119. The maximum atomic E-state index is 13.5. The van der Waals surface area contributed by atoms with Crippen LogP contribution in [-0.2, 0) is 4.79 Å². The van der Waals surface area contributed by atoms with Crippen LogP contribution >= 0.6 is 0 Å². The zero-order valence-electron chi connectivity index (χ0n) is 16.9. The molecule has 2 aromatic heterocycles. The van der Waals surface area contributed by atoms with Crippen molar-refractivity contribution in [2.24, 2.45) is 5.92 Å². The van der Waals surface area contributed by atoms with Crippen LogP contribution in [0.15, 0.2) is 48.7 Å². The van der Waals surface area contributed by atoms with Crippen LogP contribution in [0.25, 0.3) is 11.3 Å². The second-order valence-corrected chi connectivity index (χ2v) is 7.45. The Labute approximate surface area is 178 Å². The number of amides is 2. The van der Waals surface area contributed by atoms with Crippen LogP contribution in [0.2, 0.25) is 0 Å². The highest BCUT2D eigenvalue weighted by Crippen LogP contribution is 2.24.